The van der Waals surface area contributed by atoms with Gasteiger partial charge in [0.25, 0.3) is 5.91 Å². The van der Waals surface area contributed by atoms with E-state index in [0.717, 1.165) is 29.8 Å². The Morgan fingerprint density at radius 2 is 2.09 bits per heavy atom. The molecule has 0 saturated carbocycles. The summed E-state index contributed by atoms with van der Waals surface area (Å²) in [5.74, 6) is -0.475. The molecule has 0 unspecified atom stereocenters. The molecule has 2 aliphatic heterocycles. The molecule has 10 heteroatoms. The average Bonchev–Trinajstić information content (AvgIpc) is 3.38. The van der Waals surface area contributed by atoms with E-state index in [9.17, 15) is 19.2 Å². The number of fused-ring (bicyclic) bond motifs is 2. The number of amides is 2. The summed E-state index contributed by atoms with van der Waals surface area (Å²) in [6.07, 6.45) is 2.80. The Morgan fingerprint density at radius 1 is 1.29 bits per heavy atom. The van der Waals surface area contributed by atoms with Crippen LogP contribution in [0.2, 0.25) is 0 Å². The maximum Gasteiger partial charge on any atom is 0.417 e. The van der Waals surface area contributed by atoms with Crippen LogP contribution in [0.3, 0.4) is 0 Å². The SMILES string of the molecule is CC(C)(C)OC(=O)N1Cc2nc(-c3c(F)cccc3C#N)cc(-n3cc4c(n3)NCCC4)c2C1=O. The van der Waals surface area contributed by atoms with Crippen LogP contribution >= 0.6 is 0 Å². The molecule has 9 nitrogen and oxygen atoms in total. The third-order valence-electron chi connectivity index (χ3n) is 5.80. The summed E-state index contributed by atoms with van der Waals surface area (Å²) < 4.78 is 21.8. The lowest BCUT2D eigenvalue weighted by Crippen LogP contribution is -2.37. The molecule has 35 heavy (non-hydrogen) atoms. The minimum Gasteiger partial charge on any atom is -0.443 e. The van der Waals surface area contributed by atoms with Crippen molar-refractivity contribution in [1.82, 2.24) is 19.7 Å². The molecule has 1 N–H and O–H groups in total. The van der Waals surface area contributed by atoms with E-state index in [4.69, 9.17) is 4.74 Å². The molecule has 0 aliphatic carbocycles. The van der Waals surface area contributed by atoms with Gasteiger partial charge in [0.05, 0.1) is 46.4 Å². The summed E-state index contributed by atoms with van der Waals surface area (Å²) in [4.78, 5) is 31.7. The highest BCUT2D eigenvalue weighted by Gasteiger charge is 2.39. The van der Waals surface area contributed by atoms with Crippen LogP contribution in [0.4, 0.5) is 15.0 Å². The first-order chi connectivity index (χ1) is 16.7. The second-order valence-electron chi connectivity index (χ2n) is 9.47. The van der Waals surface area contributed by atoms with E-state index in [1.165, 1.54) is 24.3 Å². The number of aryl methyl sites for hydroxylation is 1. The van der Waals surface area contributed by atoms with Crippen LogP contribution in [0, 0.1) is 17.1 Å². The van der Waals surface area contributed by atoms with E-state index >= 15 is 0 Å². The zero-order chi connectivity index (χ0) is 24.9. The number of aromatic nitrogens is 3. The van der Waals surface area contributed by atoms with Crippen molar-refractivity contribution in [1.29, 1.82) is 5.26 Å². The second-order valence-corrected chi connectivity index (χ2v) is 9.47. The van der Waals surface area contributed by atoms with E-state index < -0.39 is 23.4 Å². The van der Waals surface area contributed by atoms with Crippen molar-refractivity contribution in [3.05, 3.63) is 58.7 Å². The van der Waals surface area contributed by atoms with E-state index in [-0.39, 0.29) is 34.6 Å². The van der Waals surface area contributed by atoms with Gasteiger partial charge in [-0.05, 0) is 51.8 Å². The van der Waals surface area contributed by atoms with E-state index in [2.05, 4.69) is 15.4 Å². The third kappa shape index (κ3) is 3.99. The van der Waals surface area contributed by atoms with E-state index in [1.807, 2.05) is 12.3 Å². The molecular formula is C25H23FN6O3. The number of hydrogen-bond donors (Lipinski definition) is 1. The van der Waals surface area contributed by atoms with Crippen LogP contribution in [-0.2, 0) is 17.7 Å². The molecule has 1 aromatic carbocycles. The van der Waals surface area contributed by atoms with Gasteiger partial charge in [-0.15, -0.1) is 0 Å². The fraction of sp³-hybridized carbons (Fsp3) is 0.320. The van der Waals surface area contributed by atoms with Crippen LogP contribution in [0.15, 0.2) is 30.5 Å². The Labute approximate surface area is 201 Å². The average molecular weight is 474 g/mol. The zero-order valence-electron chi connectivity index (χ0n) is 19.6. The highest BCUT2D eigenvalue weighted by atomic mass is 19.1. The third-order valence-corrected chi connectivity index (χ3v) is 5.80. The molecule has 0 saturated heterocycles. The van der Waals surface area contributed by atoms with Gasteiger partial charge >= 0.3 is 6.09 Å². The van der Waals surface area contributed by atoms with Crippen LogP contribution in [0.1, 0.15) is 54.4 Å². The predicted molar refractivity (Wildman–Crippen MR) is 124 cm³/mol. The molecule has 4 heterocycles. The Bertz CT molecular complexity index is 1390. The molecule has 0 spiro atoms. The maximum atomic E-state index is 14.9. The van der Waals surface area contributed by atoms with Crippen molar-refractivity contribution in [3.8, 4) is 23.0 Å². The van der Waals surface area contributed by atoms with Gasteiger partial charge < -0.3 is 10.1 Å². The summed E-state index contributed by atoms with van der Waals surface area (Å²) >= 11 is 0. The minimum atomic E-state index is -0.796. The van der Waals surface area contributed by atoms with E-state index in [1.54, 1.807) is 25.5 Å². The molecule has 3 aromatic rings. The molecule has 2 aliphatic rings. The molecule has 0 fully saturated rings. The standard InChI is InChI=1S/C25H23FN6O3/c1-25(2,3)35-24(34)31-13-18-21(23(31)33)19(32-12-15-7-5-9-28-22(15)30-32)10-17(29-18)20-14(11-27)6-4-8-16(20)26/h4,6,8,10,12H,5,7,9,13H2,1-3H3,(H,28,30). The van der Waals surface area contributed by atoms with Gasteiger partial charge in [-0.2, -0.15) is 10.4 Å². The predicted octanol–water partition coefficient (Wildman–Crippen LogP) is 4.19. The number of benzene rings is 1. The summed E-state index contributed by atoms with van der Waals surface area (Å²) in [5.41, 5.74) is 1.32. The van der Waals surface area contributed by atoms with Gasteiger partial charge in [-0.3, -0.25) is 4.79 Å². The van der Waals surface area contributed by atoms with Gasteiger partial charge in [-0.1, -0.05) is 6.07 Å². The Hall–Kier alpha value is -4.26. The zero-order valence-corrected chi connectivity index (χ0v) is 19.6. The number of rotatable bonds is 2. The van der Waals surface area contributed by atoms with Crippen molar-refractivity contribution < 1.29 is 18.7 Å². The first kappa shape index (κ1) is 22.5. The molecule has 0 atom stereocenters. The van der Waals surface area contributed by atoms with Gasteiger partial charge in [0.1, 0.15) is 11.4 Å². The molecule has 0 radical (unpaired) electrons. The number of nitrogens with zero attached hydrogens (tertiary/aromatic N) is 5. The highest BCUT2D eigenvalue weighted by Crippen LogP contribution is 2.35. The Balaban J connectivity index is 1.69. The van der Waals surface area contributed by atoms with Crippen molar-refractivity contribution in [2.75, 3.05) is 11.9 Å². The Morgan fingerprint density at radius 3 is 2.80 bits per heavy atom. The summed E-state index contributed by atoms with van der Waals surface area (Å²) in [5, 5.41) is 17.4. The van der Waals surface area contributed by atoms with Gasteiger partial charge in [0, 0.05) is 18.3 Å². The van der Waals surface area contributed by atoms with Crippen LogP contribution in [-0.4, -0.2) is 43.8 Å². The van der Waals surface area contributed by atoms with Crippen molar-refractivity contribution in [2.45, 2.75) is 45.8 Å². The number of halogens is 1. The fourth-order valence-corrected chi connectivity index (χ4v) is 4.29. The maximum absolute atomic E-state index is 14.9. The molecule has 2 aromatic heterocycles. The molecule has 0 bridgehead atoms. The van der Waals surface area contributed by atoms with Crippen LogP contribution < -0.4 is 5.32 Å². The first-order valence-corrected chi connectivity index (χ1v) is 11.3. The molecule has 5 rings (SSSR count). The fourth-order valence-electron chi connectivity index (χ4n) is 4.29. The topological polar surface area (TPSA) is 113 Å². The lowest BCUT2D eigenvalue weighted by Gasteiger charge is -2.23. The lowest BCUT2D eigenvalue weighted by atomic mass is 10.0. The Kier molecular flexibility index (Phi) is 5.28. The second kappa shape index (κ2) is 8.20. The molecular weight excluding hydrogens is 451 g/mol. The summed E-state index contributed by atoms with van der Waals surface area (Å²) in [6.45, 7) is 5.78. The normalized spacial score (nSPS) is 14.7. The number of carbonyl (C=O) groups excluding carboxylic acids is 2. The number of nitriles is 1. The smallest absolute Gasteiger partial charge is 0.417 e. The van der Waals surface area contributed by atoms with Crippen LogP contribution in [0.5, 0.6) is 0 Å². The van der Waals surface area contributed by atoms with Crippen molar-refractivity contribution in [2.24, 2.45) is 0 Å². The van der Waals surface area contributed by atoms with Crippen molar-refractivity contribution >= 4 is 17.8 Å². The lowest BCUT2D eigenvalue weighted by molar-refractivity contribution is 0.0247. The largest absolute Gasteiger partial charge is 0.443 e. The van der Waals surface area contributed by atoms with Gasteiger partial charge in [0.2, 0.25) is 0 Å². The highest BCUT2D eigenvalue weighted by molar-refractivity contribution is 6.08. The summed E-state index contributed by atoms with van der Waals surface area (Å²) in [6, 6.07) is 7.74. The summed E-state index contributed by atoms with van der Waals surface area (Å²) in [7, 11) is 0. The quantitative estimate of drug-likeness (QED) is 0.592. The number of imide groups is 1. The van der Waals surface area contributed by atoms with Crippen molar-refractivity contribution in [3.63, 3.8) is 0 Å². The number of pyridine rings is 1. The van der Waals surface area contributed by atoms with E-state index in [0.29, 0.717) is 11.5 Å². The number of carbonyl (C=O) groups is 2. The van der Waals surface area contributed by atoms with Gasteiger partial charge in [0.15, 0.2) is 5.82 Å². The number of nitrogens with one attached hydrogen (secondary N) is 1. The molecule has 2 amide bonds. The number of anilines is 1. The monoisotopic (exact) mass is 474 g/mol. The minimum absolute atomic E-state index is 0.0252. The van der Waals surface area contributed by atoms with Crippen LogP contribution in [0.25, 0.3) is 16.9 Å². The number of ether oxygens (including phenoxy) is 1. The molecule has 178 valence electrons. The first-order valence-electron chi connectivity index (χ1n) is 11.3. The van der Waals surface area contributed by atoms with Gasteiger partial charge in [-0.25, -0.2) is 23.8 Å². The number of hydrogen-bond acceptors (Lipinski definition) is 7.